The minimum absolute atomic E-state index is 0. The lowest BCUT2D eigenvalue weighted by atomic mass is 9.96. The third-order valence-electron chi connectivity index (χ3n) is 3.95. The third-order valence-corrected chi connectivity index (χ3v) is 4.45. The summed E-state index contributed by atoms with van der Waals surface area (Å²) in [5, 5.41) is 2.81. The second kappa shape index (κ2) is 9.25. The molecule has 1 aromatic rings. The van der Waals surface area contributed by atoms with Gasteiger partial charge in [-0.05, 0) is 37.5 Å². The maximum absolute atomic E-state index is 12.7. The molecule has 2 rings (SSSR count). The van der Waals surface area contributed by atoms with E-state index in [4.69, 9.17) is 5.73 Å². The molecule has 1 aromatic carbocycles. The number of carbonyl (C=O) groups is 2. The Kier molecular flexibility index (Phi) is 8.02. The molecule has 0 aromatic heterocycles. The van der Waals surface area contributed by atoms with Gasteiger partial charge in [0.15, 0.2) is 0 Å². The van der Waals surface area contributed by atoms with Gasteiger partial charge in [-0.2, -0.15) is 0 Å². The average Bonchev–Trinajstić information content (AvgIpc) is 2.54. The van der Waals surface area contributed by atoms with Gasteiger partial charge in [-0.1, -0.05) is 22.0 Å². The zero-order valence-electron chi connectivity index (χ0n) is 13.2. The maximum atomic E-state index is 12.7. The summed E-state index contributed by atoms with van der Waals surface area (Å²) in [5.74, 6) is -0.152. The Morgan fingerprint density at radius 3 is 2.87 bits per heavy atom. The Morgan fingerprint density at radius 1 is 1.43 bits per heavy atom. The van der Waals surface area contributed by atoms with Crippen molar-refractivity contribution < 1.29 is 9.59 Å². The number of likely N-dealkylation sites (tertiary alicyclic amines) is 1. The number of carbonyl (C=O) groups excluding carboxylic acids is 2. The Hall–Kier alpha value is -1.11. The van der Waals surface area contributed by atoms with E-state index in [2.05, 4.69) is 21.2 Å². The summed E-state index contributed by atoms with van der Waals surface area (Å²) in [6.07, 6.45) is 1.66. The first-order chi connectivity index (χ1) is 10.5. The minimum atomic E-state index is -0.142. The van der Waals surface area contributed by atoms with Crippen LogP contribution >= 0.6 is 28.3 Å². The van der Waals surface area contributed by atoms with Crippen molar-refractivity contribution in [1.29, 1.82) is 0 Å². The van der Waals surface area contributed by atoms with Gasteiger partial charge < -0.3 is 16.0 Å². The number of hydrogen-bond acceptors (Lipinski definition) is 3. The molecule has 23 heavy (non-hydrogen) atoms. The van der Waals surface area contributed by atoms with Crippen LogP contribution in [0.1, 0.15) is 28.8 Å². The smallest absolute Gasteiger partial charge is 0.254 e. The van der Waals surface area contributed by atoms with E-state index in [-0.39, 0.29) is 30.1 Å². The Bertz CT molecular complexity index is 568. The monoisotopic (exact) mass is 403 g/mol. The van der Waals surface area contributed by atoms with E-state index in [1.54, 1.807) is 4.90 Å². The molecule has 0 saturated carbocycles. The predicted octanol–water partition coefficient (Wildman–Crippen LogP) is 2.11. The summed E-state index contributed by atoms with van der Waals surface area (Å²) in [6.45, 7) is 4.01. The van der Waals surface area contributed by atoms with E-state index in [0.29, 0.717) is 31.7 Å². The summed E-state index contributed by atoms with van der Waals surface area (Å²) < 4.78 is 0.885. The van der Waals surface area contributed by atoms with Gasteiger partial charge in [0.25, 0.3) is 5.91 Å². The van der Waals surface area contributed by atoms with Crippen LogP contribution < -0.4 is 11.1 Å². The number of piperidine rings is 1. The molecule has 3 N–H and O–H groups in total. The van der Waals surface area contributed by atoms with Crippen LogP contribution in [-0.2, 0) is 4.79 Å². The van der Waals surface area contributed by atoms with E-state index in [9.17, 15) is 9.59 Å². The first kappa shape index (κ1) is 19.9. The molecular formula is C16H23BrClN3O2. The molecule has 1 heterocycles. The van der Waals surface area contributed by atoms with Gasteiger partial charge in [-0.15, -0.1) is 12.4 Å². The van der Waals surface area contributed by atoms with Gasteiger partial charge in [0, 0.05) is 36.2 Å². The molecule has 7 heteroatoms. The molecule has 5 nitrogen and oxygen atoms in total. The number of rotatable bonds is 4. The van der Waals surface area contributed by atoms with Crippen molar-refractivity contribution in [2.45, 2.75) is 19.8 Å². The van der Waals surface area contributed by atoms with Crippen molar-refractivity contribution in [3.8, 4) is 0 Å². The highest BCUT2D eigenvalue weighted by molar-refractivity contribution is 9.10. The molecule has 1 aliphatic rings. The number of nitrogens with one attached hydrogen (secondary N) is 1. The number of hydrogen-bond donors (Lipinski definition) is 2. The zero-order valence-corrected chi connectivity index (χ0v) is 15.6. The predicted molar refractivity (Wildman–Crippen MR) is 96.8 cm³/mol. The number of aryl methyl sites for hydroxylation is 1. The van der Waals surface area contributed by atoms with E-state index < -0.39 is 0 Å². The van der Waals surface area contributed by atoms with Crippen LogP contribution in [0.3, 0.4) is 0 Å². The Balaban J connectivity index is 0.00000264. The van der Waals surface area contributed by atoms with Crippen LogP contribution in [0.2, 0.25) is 0 Å². The number of nitrogens with zero attached hydrogens (tertiary/aromatic N) is 1. The standard InChI is InChI=1S/C16H22BrN3O2.ClH/c1-11-4-5-13(17)9-14(11)16(22)20-8-2-3-12(10-20)15(21)19-7-6-18;/h4-5,9,12H,2-3,6-8,10,18H2,1H3,(H,19,21);1H. The van der Waals surface area contributed by atoms with Crippen molar-refractivity contribution in [2.24, 2.45) is 11.7 Å². The van der Waals surface area contributed by atoms with Crippen molar-refractivity contribution in [3.05, 3.63) is 33.8 Å². The van der Waals surface area contributed by atoms with Gasteiger partial charge >= 0.3 is 0 Å². The fourth-order valence-electron chi connectivity index (χ4n) is 2.71. The first-order valence-electron chi connectivity index (χ1n) is 7.56. The van der Waals surface area contributed by atoms with Crippen molar-refractivity contribution in [1.82, 2.24) is 10.2 Å². The minimum Gasteiger partial charge on any atom is -0.355 e. The summed E-state index contributed by atoms with van der Waals surface area (Å²) in [5.41, 5.74) is 7.04. The Labute approximate surface area is 151 Å². The van der Waals surface area contributed by atoms with Crippen LogP contribution in [0.4, 0.5) is 0 Å². The molecule has 128 valence electrons. The second-order valence-corrected chi connectivity index (χ2v) is 6.54. The summed E-state index contributed by atoms with van der Waals surface area (Å²) in [7, 11) is 0. The third kappa shape index (κ3) is 5.19. The highest BCUT2D eigenvalue weighted by atomic mass is 79.9. The lowest BCUT2D eigenvalue weighted by molar-refractivity contribution is -0.126. The molecule has 1 atom stereocenters. The summed E-state index contributed by atoms with van der Waals surface area (Å²) in [4.78, 5) is 26.6. The fraction of sp³-hybridized carbons (Fsp3) is 0.500. The van der Waals surface area contributed by atoms with Crippen LogP contribution in [0.5, 0.6) is 0 Å². The van der Waals surface area contributed by atoms with Crippen LogP contribution in [0, 0.1) is 12.8 Å². The quantitative estimate of drug-likeness (QED) is 0.807. The molecule has 1 saturated heterocycles. The fourth-order valence-corrected chi connectivity index (χ4v) is 3.07. The number of amides is 2. The van der Waals surface area contributed by atoms with Crippen LogP contribution in [-0.4, -0.2) is 42.9 Å². The van der Waals surface area contributed by atoms with E-state index >= 15 is 0 Å². The topological polar surface area (TPSA) is 75.4 Å². The lowest BCUT2D eigenvalue weighted by Crippen LogP contribution is -2.46. The maximum Gasteiger partial charge on any atom is 0.254 e. The number of nitrogens with two attached hydrogens (primary N) is 1. The van der Waals surface area contributed by atoms with E-state index in [0.717, 1.165) is 22.9 Å². The van der Waals surface area contributed by atoms with Crippen LogP contribution in [0.15, 0.2) is 22.7 Å². The zero-order chi connectivity index (χ0) is 16.1. The highest BCUT2D eigenvalue weighted by Crippen LogP contribution is 2.22. The molecule has 2 amide bonds. The van der Waals surface area contributed by atoms with Gasteiger partial charge in [0.1, 0.15) is 0 Å². The van der Waals surface area contributed by atoms with Gasteiger partial charge in [0.05, 0.1) is 5.92 Å². The SMILES string of the molecule is Cc1ccc(Br)cc1C(=O)N1CCCC(C(=O)NCCN)C1.Cl. The number of benzene rings is 1. The van der Waals surface area contributed by atoms with Crippen molar-refractivity contribution >= 4 is 40.2 Å². The normalized spacial score (nSPS) is 17.3. The first-order valence-corrected chi connectivity index (χ1v) is 8.35. The highest BCUT2D eigenvalue weighted by Gasteiger charge is 2.29. The van der Waals surface area contributed by atoms with E-state index in [1.807, 2.05) is 25.1 Å². The Morgan fingerprint density at radius 2 is 2.17 bits per heavy atom. The summed E-state index contributed by atoms with van der Waals surface area (Å²) >= 11 is 3.41. The molecule has 0 aliphatic carbocycles. The van der Waals surface area contributed by atoms with Gasteiger partial charge in [-0.25, -0.2) is 0 Å². The molecule has 0 spiro atoms. The van der Waals surface area contributed by atoms with Gasteiger partial charge in [0.2, 0.25) is 5.91 Å². The summed E-state index contributed by atoms with van der Waals surface area (Å²) in [6, 6.07) is 5.69. The molecule has 1 fully saturated rings. The molecule has 1 unspecified atom stereocenters. The largest absolute Gasteiger partial charge is 0.355 e. The molecular weight excluding hydrogens is 382 g/mol. The molecule has 1 aliphatic heterocycles. The van der Waals surface area contributed by atoms with Crippen molar-refractivity contribution in [2.75, 3.05) is 26.2 Å². The average molecular weight is 405 g/mol. The van der Waals surface area contributed by atoms with Gasteiger partial charge in [-0.3, -0.25) is 9.59 Å². The molecule has 0 radical (unpaired) electrons. The second-order valence-electron chi connectivity index (χ2n) is 5.63. The number of halogens is 2. The molecule has 0 bridgehead atoms. The lowest BCUT2D eigenvalue weighted by Gasteiger charge is -2.32. The van der Waals surface area contributed by atoms with E-state index in [1.165, 1.54) is 0 Å². The van der Waals surface area contributed by atoms with Crippen molar-refractivity contribution in [3.63, 3.8) is 0 Å². The van der Waals surface area contributed by atoms with Crippen LogP contribution in [0.25, 0.3) is 0 Å².